The van der Waals surface area contributed by atoms with E-state index in [0.29, 0.717) is 30.4 Å². The molecule has 7 nitrogen and oxygen atoms in total. The van der Waals surface area contributed by atoms with Crippen LogP contribution in [0.2, 0.25) is 0 Å². The van der Waals surface area contributed by atoms with Crippen molar-refractivity contribution >= 4 is 11.9 Å². The highest BCUT2D eigenvalue weighted by Gasteiger charge is 2.16. The van der Waals surface area contributed by atoms with E-state index in [1.807, 2.05) is 0 Å². The minimum absolute atomic E-state index is 0.371. The first-order chi connectivity index (χ1) is 10.3. The Morgan fingerprint density at radius 2 is 1.95 bits per heavy atom. The molecule has 0 saturated carbocycles. The van der Waals surface area contributed by atoms with Gasteiger partial charge in [0.05, 0.1) is 13.2 Å². The van der Waals surface area contributed by atoms with Gasteiger partial charge < -0.3 is 20.1 Å². The molecule has 0 amide bonds. The molecular formula is C14H25N5O2. The fourth-order valence-corrected chi connectivity index (χ4v) is 1.99. The molecule has 118 valence electrons. The fourth-order valence-electron chi connectivity index (χ4n) is 1.99. The quantitative estimate of drug-likeness (QED) is 0.720. The number of anilines is 2. The van der Waals surface area contributed by atoms with Crippen molar-refractivity contribution in [2.24, 2.45) is 5.92 Å². The summed E-state index contributed by atoms with van der Waals surface area (Å²) in [4.78, 5) is 12.9. The van der Waals surface area contributed by atoms with E-state index in [2.05, 4.69) is 39.4 Å². The summed E-state index contributed by atoms with van der Waals surface area (Å²) in [6.45, 7) is 8.04. The maximum atomic E-state index is 5.52. The number of nitrogens with one attached hydrogen (secondary N) is 2. The highest BCUT2D eigenvalue weighted by atomic mass is 16.5. The smallest absolute Gasteiger partial charge is 0.323 e. The summed E-state index contributed by atoms with van der Waals surface area (Å²) in [5.74, 6) is 1.64. The van der Waals surface area contributed by atoms with Crippen LogP contribution in [0.1, 0.15) is 33.1 Å². The van der Waals surface area contributed by atoms with E-state index in [0.717, 1.165) is 45.6 Å². The van der Waals surface area contributed by atoms with Gasteiger partial charge in [-0.15, -0.1) is 0 Å². The number of nitrogens with zero attached hydrogens (tertiary/aromatic N) is 3. The first-order valence-electron chi connectivity index (χ1n) is 7.76. The first kappa shape index (κ1) is 15.8. The molecule has 0 aliphatic carbocycles. The summed E-state index contributed by atoms with van der Waals surface area (Å²) >= 11 is 0. The van der Waals surface area contributed by atoms with Gasteiger partial charge in [-0.25, -0.2) is 0 Å². The summed E-state index contributed by atoms with van der Waals surface area (Å²) < 4.78 is 10.9. The maximum absolute atomic E-state index is 5.52. The summed E-state index contributed by atoms with van der Waals surface area (Å²) in [6.07, 6.45) is 3.02. The van der Waals surface area contributed by atoms with E-state index in [-0.39, 0.29) is 0 Å². The topological polar surface area (TPSA) is 81.2 Å². The lowest BCUT2D eigenvalue weighted by molar-refractivity contribution is 0.187. The maximum Gasteiger partial charge on any atom is 0.323 e. The van der Waals surface area contributed by atoms with Crippen LogP contribution in [0, 0.1) is 5.92 Å². The van der Waals surface area contributed by atoms with Crippen LogP contribution in [0.25, 0.3) is 0 Å². The zero-order valence-electron chi connectivity index (χ0n) is 12.9. The minimum atomic E-state index is 0.371. The molecule has 1 fully saturated rings. The summed E-state index contributed by atoms with van der Waals surface area (Å²) in [7, 11) is 0. The number of ether oxygens (including phenoxy) is 2. The average molecular weight is 295 g/mol. The SMILES string of the molecule is CCCNc1nc(NCC2CCOC2)nc(OCCC)n1. The third-order valence-electron chi connectivity index (χ3n) is 3.16. The second kappa shape index (κ2) is 8.61. The molecular weight excluding hydrogens is 270 g/mol. The van der Waals surface area contributed by atoms with E-state index < -0.39 is 0 Å². The predicted octanol–water partition coefficient (Wildman–Crippen LogP) is 1.93. The molecule has 2 N–H and O–H groups in total. The Morgan fingerprint density at radius 1 is 1.14 bits per heavy atom. The van der Waals surface area contributed by atoms with Crippen molar-refractivity contribution in [1.29, 1.82) is 0 Å². The van der Waals surface area contributed by atoms with Crippen molar-refractivity contribution < 1.29 is 9.47 Å². The van der Waals surface area contributed by atoms with Gasteiger partial charge in [0.2, 0.25) is 11.9 Å². The first-order valence-corrected chi connectivity index (χ1v) is 7.76. The average Bonchev–Trinajstić information content (AvgIpc) is 3.02. The molecule has 1 aliphatic rings. The summed E-state index contributed by atoms with van der Waals surface area (Å²) in [6, 6.07) is 0.371. The van der Waals surface area contributed by atoms with Crippen LogP contribution < -0.4 is 15.4 Å². The molecule has 1 aliphatic heterocycles. The molecule has 0 radical (unpaired) electrons. The molecule has 2 rings (SSSR count). The van der Waals surface area contributed by atoms with Gasteiger partial charge in [-0.05, 0) is 19.3 Å². The van der Waals surface area contributed by atoms with Crippen molar-refractivity contribution in [1.82, 2.24) is 15.0 Å². The van der Waals surface area contributed by atoms with Crippen LogP contribution in [0.15, 0.2) is 0 Å². The van der Waals surface area contributed by atoms with Gasteiger partial charge in [0.25, 0.3) is 0 Å². The van der Waals surface area contributed by atoms with Crippen molar-refractivity contribution in [3.8, 4) is 6.01 Å². The second-order valence-electron chi connectivity index (χ2n) is 5.15. The Hall–Kier alpha value is -1.63. The van der Waals surface area contributed by atoms with Gasteiger partial charge in [-0.2, -0.15) is 15.0 Å². The lowest BCUT2D eigenvalue weighted by Crippen LogP contribution is -2.17. The lowest BCUT2D eigenvalue weighted by atomic mass is 10.1. The Kier molecular flexibility index (Phi) is 6.46. The molecule has 1 aromatic heterocycles. The highest BCUT2D eigenvalue weighted by Crippen LogP contribution is 2.15. The van der Waals surface area contributed by atoms with Crippen LogP contribution in [-0.2, 0) is 4.74 Å². The van der Waals surface area contributed by atoms with Crippen LogP contribution >= 0.6 is 0 Å². The Labute approximate surface area is 125 Å². The van der Waals surface area contributed by atoms with Gasteiger partial charge in [-0.3, -0.25) is 0 Å². The fraction of sp³-hybridized carbons (Fsp3) is 0.786. The minimum Gasteiger partial charge on any atom is -0.463 e. The molecule has 7 heteroatoms. The van der Waals surface area contributed by atoms with Crippen LogP contribution in [0.3, 0.4) is 0 Å². The molecule has 0 bridgehead atoms. The van der Waals surface area contributed by atoms with Gasteiger partial charge in [0.15, 0.2) is 0 Å². The number of hydrogen-bond acceptors (Lipinski definition) is 7. The van der Waals surface area contributed by atoms with Gasteiger partial charge in [0, 0.05) is 25.6 Å². The molecule has 0 spiro atoms. The molecule has 0 aromatic carbocycles. The standard InChI is InChI=1S/C14H25N5O2/c1-3-6-15-12-17-13(16-9-11-5-8-20-10-11)19-14(18-12)21-7-4-2/h11H,3-10H2,1-2H3,(H2,15,16,17,18,19). The largest absolute Gasteiger partial charge is 0.463 e. The molecule has 1 saturated heterocycles. The van der Waals surface area contributed by atoms with Crippen LogP contribution in [-0.4, -0.2) is 47.9 Å². The van der Waals surface area contributed by atoms with E-state index in [1.54, 1.807) is 0 Å². The number of aromatic nitrogens is 3. The molecule has 1 atom stereocenters. The Balaban J connectivity index is 1.98. The third kappa shape index (κ3) is 5.34. The van der Waals surface area contributed by atoms with Crippen LogP contribution in [0.5, 0.6) is 6.01 Å². The van der Waals surface area contributed by atoms with E-state index in [1.165, 1.54) is 0 Å². The van der Waals surface area contributed by atoms with Crippen molar-refractivity contribution in [3.63, 3.8) is 0 Å². The Bertz CT molecular complexity index is 398. The highest BCUT2D eigenvalue weighted by molar-refractivity contribution is 5.35. The Morgan fingerprint density at radius 3 is 2.62 bits per heavy atom. The molecule has 1 unspecified atom stereocenters. The second-order valence-corrected chi connectivity index (χ2v) is 5.15. The molecule has 21 heavy (non-hydrogen) atoms. The predicted molar refractivity (Wildman–Crippen MR) is 81.8 cm³/mol. The van der Waals surface area contributed by atoms with E-state index in [4.69, 9.17) is 9.47 Å². The van der Waals surface area contributed by atoms with Crippen molar-refractivity contribution in [2.75, 3.05) is 43.5 Å². The monoisotopic (exact) mass is 295 g/mol. The van der Waals surface area contributed by atoms with E-state index >= 15 is 0 Å². The van der Waals surface area contributed by atoms with E-state index in [9.17, 15) is 0 Å². The van der Waals surface area contributed by atoms with Gasteiger partial charge in [-0.1, -0.05) is 13.8 Å². The summed E-state index contributed by atoms with van der Waals surface area (Å²) in [5, 5.41) is 6.43. The molecule has 1 aromatic rings. The van der Waals surface area contributed by atoms with Gasteiger partial charge >= 0.3 is 6.01 Å². The zero-order valence-corrected chi connectivity index (χ0v) is 12.9. The van der Waals surface area contributed by atoms with Gasteiger partial charge in [0.1, 0.15) is 0 Å². The normalized spacial score (nSPS) is 17.7. The van der Waals surface area contributed by atoms with Crippen LogP contribution in [0.4, 0.5) is 11.9 Å². The molecule has 2 heterocycles. The number of hydrogen-bond donors (Lipinski definition) is 2. The van der Waals surface area contributed by atoms with Crippen molar-refractivity contribution in [3.05, 3.63) is 0 Å². The lowest BCUT2D eigenvalue weighted by Gasteiger charge is -2.12. The number of rotatable bonds is 9. The summed E-state index contributed by atoms with van der Waals surface area (Å²) in [5.41, 5.74) is 0. The zero-order chi connectivity index (χ0) is 14.9. The third-order valence-corrected chi connectivity index (χ3v) is 3.16. The van der Waals surface area contributed by atoms with Crippen molar-refractivity contribution in [2.45, 2.75) is 33.1 Å².